The Hall–Kier alpha value is -2.38. The number of carbonyl (C=O) groups is 2. The molecule has 6 nitrogen and oxygen atoms in total. The lowest BCUT2D eigenvalue weighted by atomic mass is 9.90. The van der Waals surface area contributed by atoms with Gasteiger partial charge in [-0.25, -0.2) is 4.79 Å². The molecule has 0 N–H and O–H groups in total. The Bertz CT molecular complexity index is 1090. The van der Waals surface area contributed by atoms with Crippen molar-refractivity contribution in [3.05, 3.63) is 57.6 Å². The van der Waals surface area contributed by atoms with Crippen LogP contribution in [0.25, 0.3) is 0 Å². The van der Waals surface area contributed by atoms with E-state index >= 15 is 0 Å². The number of fused-ring (bicyclic) bond motifs is 1. The summed E-state index contributed by atoms with van der Waals surface area (Å²) in [5.74, 6) is 1.83. The van der Waals surface area contributed by atoms with E-state index in [0.29, 0.717) is 24.7 Å². The van der Waals surface area contributed by atoms with Gasteiger partial charge in [-0.15, -0.1) is 0 Å². The molecule has 0 radical (unpaired) electrons. The second kappa shape index (κ2) is 11.8. The van der Waals surface area contributed by atoms with Gasteiger partial charge in [0.15, 0.2) is 12.4 Å². The first-order valence-corrected chi connectivity index (χ1v) is 13.6. The van der Waals surface area contributed by atoms with E-state index < -0.39 is 5.60 Å². The maximum atomic E-state index is 12.2. The first-order chi connectivity index (χ1) is 17.2. The van der Waals surface area contributed by atoms with Gasteiger partial charge < -0.3 is 19.1 Å². The van der Waals surface area contributed by atoms with Crippen LogP contribution in [0, 0.1) is 5.92 Å². The van der Waals surface area contributed by atoms with Crippen LogP contribution >= 0.6 is 15.9 Å². The number of ether oxygens (including phenoxy) is 3. The minimum Gasteiger partial charge on any atom is -0.492 e. The fourth-order valence-electron chi connectivity index (χ4n) is 4.79. The average molecular weight is 559 g/mol. The third-order valence-corrected chi connectivity index (χ3v) is 7.30. The second-order valence-corrected chi connectivity index (χ2v) is 11.6. The number of piperidine rings is 1. The van der Waals surface area contributed by atoms with E-state index in [1.165, 1.54) is 11.1 Å². The van der Waals surface area contributed by atoms with Crippen molar-refractivity contribution < 1.29 is 23.8 Å². The topological polar surface area (TPSA) is 65.1 Å². The lowest BCUT2D eigenvalue weighted by Gasteiger charge is -2.32. The monoisotopic (exact) mass is 557 g/mol. The van der Waals surface area contributed by atoms with Gasteiger partial charge in [0.1, 0.15) is 17.1 Å². The lowest BCUT2D eigenvalue weighted by Crippen LogP contribution is -2.35. The highest BCUT2D eigenvalue weighted by molar-refractivity contribution is 9.10. The number of ketones is 1. The number of likely N-dealkylation sites (tertiary alicyclic amines) is 1. The Labute approximate surface area is 222 Å². The molecule has 0 bridgehead atoms. The number of halogens is 1. The van der Waals surface area contributed by atoms with E-state index in [1.54, 1.807) is 0 Å². The van der Waals surface area contributed by atoms with Gasteiger partial charge in [0.25, 0.3) is 0 Å². The summed E-state index contributed by atoms with van der Waals surface area (Å²) in [4.78, 5) is 26.7. The molecule has 194 valence electrons. The summed E-state index contributed by atoms with van der Waals surface area (Å²) in [5.41, 5.74) is 2.63. The highest BCUT2D eigenvalue weighted by Crippen LogP contribution is 2.30. The predicted molar refractivity (Wildman–Crippen MR) is 143 cm³/mol. The summed E-state index contributed by atoms with van der Waals surface area (Å²) in [7, 11) is 0. The summed E-state index contributed by atoms with van der Waals surface area (Å²) >= 11 is 3.53. The van der Waals surface area contributed by atoms with Crippen molar-refractivity contribution in [2.24, 2.45) is 5.92 Å². The van der Waals surface area contributed by atoms with Crippen LogP contribution < -0.4 is 9.47 Å². The zero-order chi connectivity index (χ0) is 25.7. The molecule has 7 heteroatoms. The summed E-state index contributed by atoms with van der Waals surface area (Å²) in [6, 6.07) is 12.2. The van der Waals surface area contributed by atoms with E-state index in [-0.39, 0.29) is 18.4 Å². The van der Waals surface area contributed by atoms with Crippen molar-refractivity contribution in [1.29, 1.82) is 0 Å². The summed E-state index contributed by atoms with van der Waals surface area (Å²) in [6.45, 7) is 9.08. The molecular formula is C29H36BrNO5. The van der Waals surface area contributed by atoms with E-state index in [4.69, 9.17) is 14.2 Å². The fraction of sp³-hybridized carbons (Fsp3) is 0.517. The standard InChI is InChI=1S/C29H36BrNO5/c1-29(2,3)36-28(33)19-35-27-18-22(4-6-24(27)30)16-21-9-13-31(14-10-21)12-8-20-5-7-26-23(17-20)25(32)11-15-34-26/h4-7,17-18,21H,8-16,19H2,1-3H3. The molecule has 0 spiro atoms. The van der Waals surface area contributed by atoms with Crippen molar-refractivity contribution in [2.45, 2.75) is 58.5 Å². The normalized spacial score (nSPS) is 16.8. The Morgan fingerprint density at radius 3 is 2.61 bits per heavy atom. The molecular weight excluding hydrogens is 522 g/mol. The minimum absolute atomic E-state index is 0.108. The molecule has 2 aromatic carbocycles. The summed E-state index contributed by atoms with van der Waals surface area (Å²) in [6.07, 6.45) is 4.72. The number of hydrogen-bond donors (Lipinski definition) is 0. The molecule has 1 saturated heterocycles. The van der Waals surface area contributed by atoms with Crippen molar-refractivity contribution >= 4 is 27.7 Å². The molecule has 0 unspecified atom stereocenters. The molecule has 2 aliphatic rings. The molecule has 2 aliphatic heterocycles. The lowest BCUT2D eigenvalue weighted by molar-refractivity contribution is -0.157. The van der Waals surface area contributed by atoms with Gasteiger partial charge in [-0.1, -0.05) is 12.1 Å². The number of nitrogens with zero attached hydrogens (tertiary/aromatic N) is 1. The maximum absolute atomic E-state index is 12.2. The van der Waals surface area contributed by atoms with Crippen LogP contribution in [0.15, 0.2) is 40.9 Å². The third kappa shape index (κ3) is 7.56. The van der Waals surface area contributed by atoms with Crippen LogP contribution in [0.4, 0.5) is 0 Å². The quantitative estimate of drug-likeness (QED) is 0.392. The number of carbonyl (C=O) groups excluding carboxylic acids is 2. The molecule has 36 heavy (non-hydrogen) atoms. The van der Waals surface area contributed by atoms with Crippen molar-refractivity contribution in [3.63, 3.8) is 0 Å². The molecule has 0 atom stereocenters. The molecule has 0 saturated carbocycles. The zero-order valence-electron chi connectivity index (χ0n) is 21.5. The average Bonchev–Trinajstić information content (AvgIpc) is 2.83. The van der Waals surface area contributed by atoms with Crippen molar-refractivity contribution in [1.82, 2.24) is 4.90 Å². The summed E-state index contributed by atoms with van der Waals surface area (Å²) in [5, 5.41) is 0. The number of hydrogen-bond acceptors (Lipinski definition) is 6. The van der Waals surface area contributed by atoms with Gasteiger partial charge in [-0.05, 0) is 117 Å². The first-order valence-electron chi connectivity index (χ1n) is 12.8. The Balaban J connectivity index is 1.23. The Kier molecular flexibility index (Phi) is 8.73. The van der Waals surface area contributed by atoms with Gasteiger partial charge in [-0.3, -0.25) is 4.79 Å². The smallest absolute Gasteiger partial charge is 0.344 e. The van der Waals surface area contributed by atoms with Gasteiger partial charge in [0, 0.05) is 13.0 Å². The van der Waals surface area contributed by atoms with Crippen LogP contribution in [0.3, 0.4) is 0 Å². The molecule has 2 heterocycles. The minimum atomic E-state index is -0.525. The van der Waals surface area contributed by atoms with Crippen molar-refractivity contribution in [2.75, 3.05) is 32.8 Å². The molecule has 2 aromatic rings. The number of esters is 1. The number of rotatable bonds is 8. The zero-order valence-corrected chi connectivity index (χ0v) is 23.1. The van der Waals surface area contributed by atoms with Crippen molar-refractivity contribution in [3.8, 4) is 11.5 Å². The predicted octanol–water partition coefficient (Wildman–Crippen LogP) is 5.63. The summed E-state index contributed by atoms with van der Waals surface area (Å²) < 4.78 is 17.5. The van der Waals surface area contributed by atoms with Gasteiger partial charge >= 0.3 is 5.97 Å². The highest BCUT2D eigenvalue weighted by Gasteiger charge is 2.22. The van der Waals surface area contributed by atoms with Crippen LogP contribution in [0.5, 0.6) is 11.5 Å². The van der Waals surface area contributed by atoms with Gasteiger partial charge in [0.05, 0.1) is 16.6 Å². The molecule has 0 aliphatic carbocycles. The fourth-order valence-corrected chi connectivity index (χ4v) is 5.15. The SMILES string of the molecule is CC(C)(C)OC(=O)COc1cc(CC2CCN(CCc3ccc4c(c3)C(=O)CCO4)CC2)ccc1Br. The van der Waals surface area contributed by atoms with E-state index in [1.807, 2.05) is 45.0 Å². The number of Topliss-reactive ketones (excluding diaryl/α,β-unsaturated/α-hetero) is 1. The molecule has 4 rings (SSSR count). The van der Waals surface area contributed by atoms with Crippen LogP contribution in [-0.2, 0) is 22.4 Å². The van der Waals surface area contributed by atoms with Crippen LogP contribution in [0.2, 0.25) is 0 Å². The first kappa shape index (κ1) is 26.7. The largest absolute Gasteiger partial charge is 0.492 e. The van der Waals surface area contributed by atoms with E-state index in [2.05, 4.69) is 33.0 Å². The maximum Gasteiger partial charge on any atom is 0.344 e. The molecule has 0 amide bonds. The third-order valence-electron chi connectivity index (χ3n) is 6.64. The van der Waals surface area contributed by atoms with Crippen LogP contribution in [0.1, 0.15) is 61.5 Å². The van der Waals surface area contributed by atoms with E-state index in [0.717, 1.165) is 61.1 Å². The van der Waals surface area contributed by atoms with E-state index in [9.17, 15) is 9.59 Å². The molecule has 0 aromatic heterocycles. The van der Waals surface area contributed by atoms with Crippen LogP contribution in [-0.4, -0.2) is 55.1 Å². The Morgan fingerprint density at radius 2 is 1.86 bits per heavy atom. The second-order valence-electron chi connectivity index (χ2n) is 10.7. The number of benzene rings is 2. The highest BCUT2D eigenvalue weighted by atomic mass is 79.9. The Morgan fingerprint density at radius 1 is 1.11 bits per heavy atom. The van der Waals surface area contributed by atoms with Gasteiger partial charge in [-0.2, -0.15) is 0 Å². The molecule has 1 fully saturated rings. The van der Waals surface area contributed by atoms with Gasteiger partial charge in [0.2, 0.25) is 0 Å².